The molecule has 0 bridgehead atoms. The standard InChI is InChI=1S/C65H104O6/c1-4-7-10-13-16-19-22-25-27-29-31-32-34-35-37-40-43-46-49-52-55-58-64(67)70-61-62(60-69-63(66)57-54-51-48-45-42-39-24-21-18-15-12-9-6-3)71-65(68)59-56-53-50-47-44-41-38-36-33-30-28-26-23-20-17-14-11-8-5-2/h7-8,10-11,16-17,19-20,25-28,31-33,35-37,41,43-44,46,62H,4-6,9,12-15,18,21-24,29-30,34,38-40,42,45,47-61H2,1-3H3/b10-7-,11-8-,19-16-,20-17-,27-25-,28-26-,32-31-,36-33-,37-35-,44-41-,46-43-. The predicted octanol–water partition coefficient (Wildman–Crippen LogP) is 19.4. The molecule has 0 aliphatic carbocycles. The smallest absolute Gasteiger partial charge is 0.306 e. The van der Waals surface area contributed by atoms with E-state index < -0.39 is 6.10 Å². The maximum Gasteiger partial charge on any atom is 0.306 e. The first-order valence-corrected chi connectivity index (χ1v) is 28.7. The van der Waals surface area contributed by atoms with Gasteiger partial charge in [-0.25, -0.2) is 0 Å². The van der Waals surface area contributed by atoms with Crippen LogP contribution in [0.15, 0.2) is 134 Å². The van der Waals surface area contributed by atoms with Crippen LogP contribution in [0.1, 0.15) is 239 Å². The molecular formula is C65H104O6. The van der Waals surface area contributed by atoms with Crippen LogP contribution in [0, 0.1) is 0 Å². The van der Waals surface area contributed by atoms with E-state index in [1.165, 1.54) is 64.2 Å². The van der Waals surface area contributed by atoms with E-state index in [2.05, 4.69) is 154 Å². The summed E-state index contributed by atoms with van der Waals surface area (Å²) in [6, 6.07) is 0. The van der Waals surface area contributed by atoms with Gasteiger partial charge in [-0.15, -0.1) is 0 Å². The molecule has 0 N–H and O–H groups in total. The normalized spacial score (nSPS) is 13.1. The Balaban J connectivity index is 4.54. The molecule has 0 aromatic heterocycles. The summed E-state index contributed by atoms with van der Waals surface area (Å²) in [5.74, 6) is -0.989. The number of esters is 3. The molecule has 6 nitrogen and oxygen atoms in total. The molecule has 0 aliphatic heterocycles. The summed E-state index contributed by atoms with van der Waals surface area (Å²) in [6.07, 6.45) is 81.5. The first-order chi connectivity index (χ1) is 35.0. The summed E-state index contributed by atoms with van der Waals surface area (Å²) in [6.45, 7) is 6.34. The van der Waals surface area contributed by atoms with Crippen molar-refractivity contribution < 1.29 is 28.6 Å². The first kappa shape index (κ1) is 66.6. The fourth-order valence-corrected chi connectivity index (χ4v) is 7.41. The molecule has 0 saturated carbocycles. The lowest BCUT2D eigenvalue weighted by Crippen LogP contribution is -2.30. The van der Waals surface area contributed by atoms with Crippen LogP contribution in [0.4, 0.5) is 0 Å². The quantitative estimate of drug-likeness (QED) is 0.0262. The highest BCUT2D eigenvalue weighted by molar-refractivity contribution is 5.71. The highest BCUT2D eigenvalue weighted by Crippen LogP contribution is 2.14. The summed E-state index contributed by atoms with van der Waals surface area (Å²) >= 11 is 0. The molecule has 0 saturated heterocycles. The van der Waals surface area contributed by atoms with Crippen molar-refractivity contribution in [2.24, 2.45) is 0 Å². The number of hydrogen-bond donors (Lipinski definition) is 0. The monoisotopic (exact) mass is 981 g/mol. The van der Waals surface area contributed by atoms with Gasteiger partial charge in [0.15, 0.2) is 6.10 Å². The third-order valence-electron chi connectivity index (χ3n) is 11.7. The second-order valence-corrected chi connectivity index (χ2v) is 18.4. The molecule has 0 fully saturated rings. The van der Waals surface area contributed by atoms with Crippen molar-refractivity contribution in [3.63, 3.8) is 0 Å². The highest BCUT2D eigenvalue weighted by atomic mass is 16.6. The average molecular weight is 982 g/mol. The van der Waals surface area contributed by atoms with E-state index in [0.29, 0.717) is 25.7 Å². The molecule has 0 aliphatic rings. The molecule has 0 aromatic carbocycles. The molecular weight excluding hydrogens is 877 g/mol. The molecule has 0 rings (SSSR count). The Morgan fingerprint density at radius 2 is 0.549 bits per heavy atom. The summed E-state index contributed by atoms with van der Waals surface area (Å²) < 4.78 is 16.8. The van der Waals surface area contributed by atoms with Crippen molar-refractivity contribution in [3.05, 3.63) is 134 Å². The van der Waals surface area contributed by atoms with Crippen LogP contribution in [0.5, 0.6) is 0 Å². The Morgan fingerprint density at radius 3 is 0.887 bits per heavy atom. The lowest BCUT2D eigenvalue weighted by molar-refractivity contribution is -0.167. The van der Waals surface area contributed by atoms with E-state index in [0.717, 1.165) is 122 Å². The van der Waals surface area contributed by atoms with E-state index in [1.54, 1.807) is 0 Å². The molecule has 0 heterocycles. The minimum atomic E-state index is -0.817. The minimum Gasteiger partial charge on any atom is -0.462 e. The number of carbonyl (C=O) groups is 3. The lowest BCUT2D eigenvalue weighted by Gasteiger charge is -2.18. The fourth-order valence-electron chi connectivity index (χ4n) is 7.41. The largest absolute Gasteiger partial charge is 0.462 e. The number of unbranched alkanes of at least 4 members (excludes halogenated alkanes) is 17. The van der Waals surface area contributed by atoms with E-state index in [4.69, 9.17) is 14.2 Å². The Kier molecular flexibility index (Phi) is 54.5. The zero-order chi connectivity index (χ0) is 51.4. The van der Waals surface area contributed by atoms with Crippen LogP contribution in [0.2, 0.25) is 0 Å². The van der Waals surface area contributed by atoms with E-state index in [1.807, 2.05) is 0 Å². The Labute approximate surface area is 436 Å². The number of hydrogen-bond acceptors (Lipinski definition) is 6. The van der Waals surface area contributed by atoms with Crippen LogP contribution in [-0.4, -0.2) is 37.2 Å². The summed E-state index contributed by atoms with van der Waals surface area (Å²) in [5.41, 5.74) is 0. The van der Waals surface area contributed by atoms with Crippen molar-refractivity contribution >= 4 is 17.9 Å². The highest BCUT2D eigenvalue weighted by Gasteiger charge is 2.19. The van der Waals surface area contributed by atoms with E-state index in [9.17, 15) is 14.4 Å². The van der Waals surface area contributed by atoms with Gasteiger partial charge in [0, 0.05) is 19.3 Å². The van der Waals surface area contributed by atoms with Gasteiger partial charge < -0.3 is 14.2 Å². The van der Waals surface area contributed by atoms with Crippen molar-refractivity contribution in [3.8, 4) is 0 Å². The van der Waals surface area contributed by atoms with Gasteiger partial charge in [0.2, 0.25) is 0 Å². The molecule has 6 heteroatoms. The SMILES string of the molecule is CC/C=C\C/C=C\C/C=C\C/C=C\C/C=C\C/C=C\CCCCC(=O)OCC(COC(=O)CCCCCCCCCCCCCCC)OC(=O)CCCCC/C=C\C/C=C\C/C=C\C/C=C\C/C=C\CC. The van der Waals surface area contributed by atoms with Crippen molar-refractivity contribution in [1.82, 2.24) is 0 Å². The van der Waals surface area contributed by atoms with Crippen molar-refractivity contribution in [1.29, 1.82) is 0 Å². The molecule has 0 radical (unpaired) electrons. The van der Waals surface area contributed by atoms with Crippen LogP contribution in [0.25, 0.3) is 0 Å². The summed E-state index contributed by atoms with van der Waals surface area (Å²) in [7, 11) is 0. The predicted molar refractivity (Wildman–Crippen MR) is 306 cm³/mol. The van der Waals surface area contributed by atoms with Crippen LogP contribution in [0.3, 0.4) is 0 Å². The van der Waals surface area contributed by atoms with Gasteiger partial charge >= 0.3 is 17.9 Å². The number of rotatable bonds is 50. The lowest BCUT2D eigenvalue weighted by atomic mass is 10.0. The van der Waals surface area contributed by atoms with E-state index in [-0.39, 0.29) is 37.5 Å². The van der Waals surface area contributed by atoms with E-state index >= 15 is 0 Å². The zero-order valence-electron chi connectivity index (χ0n) is 45.7. The van der Waals surface area contributed by atoms with Gasteiger partial charge in [-0.1, -0.05) is 238 Å². The van der Waals surface area contributed by atoms with Crippen molar-refractivity contribution in [2.45, 2.75) is 245 Å². The molecule has 0 aromatic rings. The van der Waals surface area contributed by atoms with Gasteiger partial charge in [-0.2, -0.15) is 0 Å². The summed E-state index contributed by atoms with van der Waals surface area (Å²) in [5, 5.41) is 0. The number of allylic oxidation sites excluding steroid dienone is 22. The molecule has 71 heavy (non-hydrogen) atoms. The van der Waals surface area contributed by atoms with Crippen molar-refractivity contribution in [2.75, 3.05) is 13.2 Å². The molecule has 1 unspecified atom stereocenters. The van der Waals surface area contributed by atoms with Gasteiger partial charge in [0.1, 0.15) is 13.2 Å². The Bertz CT molecular complexity index is 1550. The topological polar surface area (TPSA) is 78.9 Å². The molecule has 400 valence electrons. The summed E-state index contributed by atoms with van der Waals surface area (Å²) in [4.78, 5) is 38.1. The Hall–Kier alpha value is -4.45. The maximum atomic E-state index is 12.9. The third kappa shape index (κ3) is 56.3. The maximum absolute atomic E-state index is 12.9. The van der Waals surface area contributed by atoms with Crippen LogP contribution >= 0.6 is 0 Å². The first-order valence-electron chi connectivity index (χ1n) is 28.7. The van der Waals surface area contributed by atoms with Gasteiger partial charge in [-0.05, 0) is 116 Å². The van der Waals surface area contributed by atoms with Crippen LogP contribution in [-0.2, 0) is 28.6 Å². The number of ether oxygens (including phenoxy) is 3. The fraction of sp³-hybridized carbons (Fsp3) is 0.615. The molecule has 0 spiro atoms. The minimum absolute atomic E-state index is 0.108. The van der Waals surface area contributed by atoms with Gasteiger partial charge in [-0.3, -0.25) is 14.4 Å². The average Bonchev–Trinajstić information content (AvgIpc) is 3.37. The zero-order valence-corrected chi connectivity index (χ0v) is 45.7. The number of carbonyl (C=O) groups excluding carboxylic acids is 3. The Morgan fingerprint density at radius 1 is 0.296 bits per heavy atom. The molecule has 1 atom stereocenters. The second-order valence-electron chi connectivity index (χ2n) is 18.4. The van der Waals surface area contributed by atoms with Gasteiger partial charge in [0.25, 0.3) is 0 Å². The third-order valence-corrected chi connectivity index (χ3v) is 11.7. The van der Waals surface area contributed by atoms with Crippen LogP contribution < -0.4 is 0 Å². The molecule has 0 amide bonds. The second kappa shape index (κ2) is 58.1. The van der Waals surface area contributed by atoms with Gasteiger partial charge in [0.05, 0.1) is 0 Å².